The Hall–Kier alpha value is -0.990. The van der Waals surface area contributed by atoms with E-state index in [1.165, 1.54) is 0 Å². The van der Waals surface area contributed by atoms with Crippen LogP contribution in [0.1, 0.15) is 27.7 Å². The van der Waals surface area contributed by atoms with Crippen LogP contribution in [0.25, 0.3) is 0 Å². The van der Waals surface area contributed by atoms with E-state index in [9.17, 15) is 0 Å². The van der Waals surface area contributed by atoms with E-state index in [2.05, 4.69) is 15.0 Å². The van der Waals surface area contributed by atoms with Crippen molar-refractivity contribution in [3.63, 3.8) is 0 Å². The van der Waals surface area contributed by atoms with Crippen LogP contribution in [0.3, 0.4) is 0 Å². The zero-order valence-electron chi connectivity index (χ0n) is 7.84. The van der Waals surface area contributed by atoms with Gasteiger partial charge in [0.25, 0.3) is 0 Å². The molecular formula is C8H15N3. The smallest absolute Gasteiger partial charge is 0.127 e. The summed E-state index contributed by atoms with van der Waals surface area (Å²) in [4.78, 5) is 12.2. The van der Waals surface area contributed by atoms with Crippen molar-refractivity contribution in [2.45, 2.75) is 27.7 Å². The molecule has 0 aliphatic carbocycles. The van der Waals surface area contributed by atoms with Crippen LogP contribution in [-0.4, -0.2) is 24.4 Å². The van der Waals surface area contributed by atoms with Crippen LogP contribution < -0.4 is 0 Å². The van der Waals surface area contributed by atoms with Crippen molar-refractivity contribution in [3.8, 4) is 0 Å². The number of aliphatic imine (C=N–C) groups is 3. The average Bonchev–Trinajstić information content (AvgIpc) is 1.85. The fourth-order valence-corrected chi connectivity index (χ4v) is 0.633. The molecular weight excluding hydrogens is 138 g/mol. The molecule has 0 fully saturated rings. The maximum atomic E-state index is 4.15. The summed E-state index contributed by atoms with van der Waals surface area (Å²) in [5.74, 6) is 1.51. The quantitative estimate of drug-likeness (QED) is 0.377. The first kappa shape index (κ1) is 10.0. The summed E-state index contributed by atoms with van der Waals surface area (Å²) in [5, 5.41) is 0. The lowest BCUT2D eigenvalue weighted by Gasteiger charge is -1.92. The average molecular weight is 153 g/mol. The van der Waals surface area contributed by atoms with Gasteiger partial charge in [-0.1, -0.05) is 0 Å². The lowest BCUT2D eigenvalue weighted by Crippen LogP contribution is -1.95. The lowest BCUT2D eigenvalue weighted by molar-refractivity contribution is 1.36. The fraction of sp³-hybridized carbons (Fsp3) is 0.625. The van der Waals surface area contributed by atoms with E-state index in [0.717, 1.165) is 17.4 Å². The van der Waals surface area contributed by atoms with Crippen molar-refractivity contribution in [2.75, 3.05) is 7.05 Å². The van der Waals surface area contributed by atoms with E-state index in [-0.39, 0.29) is 0 Å². The van der Waals surface area contributed by atoms with Gasteiger partial charge < -0.3 is 0 Å². The summed E-state index contributed by atoms with van der Waals surface area (Å²) in [6.07, 6.45) is 0. The summed E-state index contributed by atoms with van der Waals surface area (Å²) in [6, 6.07) is 0. The Labute approximate surface area is 68.0 Å². The predicted octanol–water partition coefficient (Wildman–Crippen LogP) is 1.93. The molecule has 0 aromatic heterocycles. The third kappa shape index (κ3) is 5.45. The Morgan fingerprint density at radius 3 is 1.73 bits per heavy atom. The molecule has 0 N–H and O–H groups in total. The second kappa shape index (κ2) is 4.77. The Kier molecular flexibility index (Phi) is 4.34. The maximum Gasteiger partial charge on any atom is 0.127 e. The standard InChI is InChI=1S/C8H15N3/c1-6(2)10-8(4)11-7(3)9-5/h1-5H3. The molecule has 0 aliphatic rings. The first-order chi connectivity index (χ1) is 5.06. The monoisotopic (exact) mass is 153 g/mol. The third-order valence-corrected chi connectivity index (χ3v) is 1.03. The molecule has 3 nitrogen and oxygen atoms in total. The minimum Gasteiger partial charge on any atom is -0.274 e. The van der Waals surface area contributed by atoms with Crippen molar-refractivity contribution in [3.05, 3.63) is 0 Å². The summed E-state index contributed by atoms with van der Waals surface area (Å²) in [6.45, 7) is 7.60. The Morgan fingerprint density at radius 2 is 1.36 bits per heavy atom. The summed E-state index contributed by atoms with van der Waals surface area (Å²) >= 11 is 0. The molecule has 0 unspecified atom stereocenters. The van der Waals surface area contributed by atoms with Crippen molar-refractivity contribution >= 4 is 17.4 Å². The molecule has 0 aromatic rings. The molecule has 0 rings (SSSR count). The van der Waals surface area contributed by atoms with Gasteiger partial charge in [0, 0.05) is 12.8 Å². The largest absolute Gasteiger partial charge is 0.274 e. The highest BCUT2D eigenvalue weighted by Crippen LogP contribution is 1.85. The molecule has 0 spiro atoms. The van der Waals surface area contributed by atoms with E-state index in [0.29, 0.717) is 0 Å². The van der Waals surface area contributed by atoms with E-state index in [1.54, 1.807) is 7.05 Å². The topological polar surface area (TPSA) is 37.1 Å². The number of hydrogen-bond donors (Lipinski definition) is 0. The van der Waals surface area contributed by atoms with Crippen LogP contribution in [0.5, 0.6) is 0 Å². The van der Waals surface area contributed by atoms with Crippen LogP contribution in [0.15, 0.2) is 15.0 Å². The van der Waals surface area contributed by atoms with Crippen LogP contribution in [0.4, 0.5) is 0 Å². The minimum absolute atomic E-state index is 0.757. The van der Waals surface area contributed by atoms with Crippen molar-refractivity contribution in [1.29, 1.82) is 0 Å². The van der Waals surface area contributed by atoms with E-state index in [1.807, 2.05) is 27.7 Å². The zero-order valence-corrected chi connectivity index (χ0v) is 7.84. The summed E-state index contributed by atoms with van der Waals surface area (Å²) < 4.78 is 0. The number of hydrogen-bond acceptors (Lipinski definition) is 1. The van der Waals surface area contributed by atoms with Crippen LogP contribution >= 0.6 is 0 Å². The molecule has 62 valence electrons. The first-order valence-corrected chi connectivity index (χ1v) is 3.57. The molecule has 11 heavy (non-hydrogen) atoms. The molecule has 0 amide bonds. The highest BCUT2D eigenvalue weighted by Gasteiger charge is 1.87. The maximum absolute atomic E-state index is 4.15. The van der Waals surface area contributed by atoms with Gasteiger partial charge in [-0.2, -0.15) is 0 Å². The number of nitrogens with zero attached hydrogens (tertiary/aromatic N) is 3. The lowest BCUT2D eigenvalue weighted by atomic mass is 10.5. The fourth-order valence-electron chi connectivity index (χ4n) is 0.633. The number of amidine groups is 2. The third-order valence-electron chi connectivity index (χ3n) is 1.03. The molecule has 0 atom stereocenters. The van der Waals surface area contributed by atoms with Gasteiger partial charge >= 0.3 is 0 Å². The van der Waals surface area contributed by atoms with Gasteiger partial charge in [-0.15, -0.1) is 0 Å². The van der Waals surface area contributed by atoms with Gasteiger partial charge in [0.05, 0.1) is 0 Å². The predicted molar refractivity (Wildman–Crippen MR) is 50.9 cm³/mol. The van der Waals surface area contributed by atoms with E-state index in [4.69, 9.17) is 0 Å². The van der Waals surface area contributed by atoms with Gasteiger partial charge in [-0.05, 0) is 27.7 Å². The molecule has 0 bridgehead atoms. The normalized spacial score (nSPS) is 13.2. The molecule has 0 heterocycles. The second-order valence-corrected chi connectivity index (χ2v) is 2.49. The van der Waals surface area contributed by atoms with Gasteiger partial charge in [0.15, 0.2) is 0 Å². The molecule has 0 radical (unpaired) electrons. The second-order valence-electron chi connectivity index (χ2n) is 2.49. The van der Waals surface area contributed by atoms with Gasteiger partial charge in [0.1, 0.15) is 11.7 Å². The molecule has 0 aromatic carbocycles. The molecule has 0 saturated heterocycles. The van der Waals surface area contributed by atoms with Gasteiger partial charge in [0.2, 0.25) is 0 Å². The van der Waals surface area contributed by atoms with Crippen LogP contribution in [-0.2, 0) is 0 Å². The van der Waals surface area contributed by atoms with Gasteiger partial charge in [-0.25, -0.2) is 9.98 Å². The molecule has 0 saturated carbocycles. The van der Waals surface area contributed by atoms with Crippen LogP contribution in [0.2, 0.25) is 0 Å². The SMILES string of the molecule is CN=C(C)N=C(C)N=C(C)C. The summed E-state index contributed by atoms with van der Waals surface area (Å²) in [7, 11) is 1.72. The highest BCUT2D eigenvalue weighted by molar-refractivity contribution is 6.00. The highest BCUT2D eigenvalue weighted by atomic mass is 15.0. The zero-order chi connectivity index (χ0) is 8.85. The first-order valence-electron chi connectivity index (χ1n) is 3.57. The molecule has 0 aliphatic heterocycles. The van der Waals surface area contributed by atoms with Crippen LogP contribution in [0, 0.1) is 0 Å². The Morgan fingerprint density at radius 1 is 0.818 bits per heavy atom. The van der Waals surface area contributed by atoms with E-state index >= 15 is 0 Å². The van der Waals surface area contributed by atoms with E-state index < -0.39 is 0 Å². The Bertz CT molecular complexity index is 207. The van der Waals surface area contributed by atoms with Gasteiger partial charge in [-0.3, -0.25) is 4.99 Å². The van der Waals surface area contributed by atoms with Crippen molar-refractivity contribution in [1.82, 2.24) is 0 Å². The van der Waals surface area contributed by atoms with Crippen molar-refractivity contribution < 1.29 is 0 Å². The molecule has 3 heteroatoms. The number of rotatable bonds is 0. The van der Waals surface area contributed by atoms with Crippen molar-refractivity contribution in [2.24, 2.45) is 15.0 Å². The minimum atomic E-state index is 0.757. The Balaban J connectivity index is 4.36. The summed E-state index contributed by atoms with van der Waals surface area (Å²) in [5.41, 5.74) is 1.01.